The Kier molecular flexibility index (Phi) is 5.73. The molecule has 0 aromatic rings. The first-order valence-corrected chi connectivity index (χ1v) is 5.97. The molecule has 2 rings (SSSR count). The van der Waals surface area contributed by atoms with Gasteiger partial charge in [-0.3, -0.25) is 0 Å². The molecule has 0 N–H and O–H groups in total. The van der Waals surface area contributed by atoms with E-state index in [1.54, 1.807) is 25.7 Å². The van der Waals surface area contributed by atoms with E-state index in [0.717, 1.165) is 11.8 Å². The van der Waals surface area contributed by atoms with Crippen LogP contribution < -0.4 is 0 Å². The predicted octanol–water partition coefficient (Wildman–Crippen LogP) is 3.99. The second-order valence-electron chi connectivity index (χ2n) is 4.80. The maximum Gasteiger partial charge on any atom is 2.00 e. The van der Waals surface area contributed by atoms with Gasteiger partial charge in [-0.05, 0) is 11.8 Å². The maximum absolute atomic E-state index is 1.56. The van der Waals surface area contributed by atoms with Crippen molar-refractivity contribution in [1.82, 2.24) is 0 Å². The molecule has 0 heterocycles. The summed E-state index contributed by atoms with van der Waals surface area (Å²) in [5.74, 6) is 2.28. The van der Waals surface area contributed by atoms with Gasteiger partial charge in [0.15, 0.2) is 0 Å². The molecule has 0 atom stereocenters. The monoisotopic (exact) mass is 192 g/mol. The first kappa shape index (κ1) is 11.8. The van der Waals surface area contributed by atoms with E-state index in [-0.39, 0.29) is 25.9 Å². The summed E-state index contributed by atoms with van der Waals surface area (Å²) in [6, 6.07) is 0. The molecule has 0 unspecified atom stereocenters. The number of rotatable bonds is 1. The van der Waals surface area contributed by atoms with Crippen molar-refractivity contribution >= 4 is 23.1 Å². The second kappa shape index (κ2) is 6.29. The summed E-state index contributed by atoms with van der Waals surface area (Å²) in [4.78, 5) is 0. The Labute approximate surface area is 102 Å². The molecule has 2 aliphatic carbocycles. The minimum absolute atomic E-state index is 0. The molecule has 74 valence electrons. The fourth-order valence-electron chi connectivity index (χ4n) is 3.21. The smallest absolute Gasteiger partial charge is 1.00 e. The summed E-state index contributed by atoms with van der Waals surface area (Å²) in [5, 5.41) is 0. The third kappa shape index (κ3) is 3.43. The Morgan fingerprint density at radius 2 is 0.846 bits per heavy atom. The first-order chi connectivity index (χ1) is 5.97. The Bertz CT molecular complexity index is 114. The van der Waals surface area contributed by atoms with Crippen LogP contribution in [0.2, 0.25) is 0 Å². The molecule has 2 saturated carbocycles. The summed E-state index contributed by atoms with van der Waals surface area (Å²) in [7, 11) is 0. The van der Waals surface area contributed by atoms with Crippen molar-refractivity contribution < 1.29 is 2.85 Å². The van der Waals surface area contributed by atoms with Crippen LogP contribution >= 0.6 is 0 Å². The van der Waals surface area contributed by atoms with Crippen LogP contribution in [0.15, 0.2) is 0 Å². The van der Waals surface area contributed by atoms with Gasteiger partial charge < -0.3 is 2.85 Å². The zero-order valence-electron chi connectivity index (χ0n) is 10.9. The standard InChI is InChI=1S/C12H22.Mg.2H/c1-3-7-11(8-4-1)12-9-5-2-6-10-12;;;/h11-12H,1-10H2;;;/q;+2;2*-1. The molecule has 0 amide bonds. The average molecular weight is 193 g/mol. The molecule has 0 aromatic carbocycles. The normalized spacial score (nSPS) is 26.8. The van der Waals surface area contributed by atoms with E-state index < -0.39 is 0 Å². The molecule has 0 bridgehead atoms. The molecule has 0 radical (unpaired) electrons. The van der Waals surface area contributed by atoms with Crippen molar-refractivity contribution in [2.75, 3.05) is 0 Å². The molecule has 0 nitrogen and oxygen atoms in total. The largest absolute Gasteiger partial charge is 2.00 e. The van der Waals surface area contributed by atoms with Gasteiger partial charge in [0.1, 0.15) is 0 Å². The zero-order valence-corrected chi connectivity index (χ0v) is 10.3. The first-order valence-electron chi connectivity index (χ1n) is 5.97. The molecule has 2 aliphatic rings. The maximum atomic E-state index is 1.56. The minimum Gasteiger partial charge on any atom is -1.00 e. The van der Waals surface area contributed by atoms with Crippen molar-refractivity contribution in [3.8, 4) is 0 Å². The Balaban J connectivity index is 0. The van der Waals surface area contributed by atoms with Crippen LogP contribution in [0.3, 0.4) is 0 Å². The molecule has 0 spiro atoms. The zero-order chi connectivity index (χ0) is 8.23. The van der Waals surface area contributed by atoms with Gasteiger partial charge in [0.05, 0.1) is 0 Å². The van der Waals surface area contributed by atoms with Gasteiger partial charge in [0.2, 0.25) is 0 Å². The van der Waals surface area contributed by atoms with Crippen LogP contribution in [-0.4, -0.2) is 23.1 Å². The van der Waals surface area contributed by atoms with Crippen molar-refractivity contribution in [2.24, 2.45) is 11.8 Å². The van der Waals surface area contributed by atoms with E-state index in [9.17, 15) is 0 Å². The third-order valence-corrected chi connectivity index (χ3v) is 3.97. The van der Waals surface area contributed by atoms with Gasteiger partial charge in [-0.15, -0.1) is 0 Å². The number of hydrogen-bond acceptors (Lipinski definition) is 0. The summed E-state index contributed by atoms with van der Waals surface area (Å²) >= 11 is 0. The van der Waals surface area contributed by atoms with Crippen molar-refractivity contribution in [3.63, 3.8) is 0 Å². The second-order valence-corrected chi connectivity index (χ2v) is 4.80. The van der Waals surface area contributed by atoms with E-state index in [1.807, 2.05) is 0 Å². The fraction of sp³-hybridized carbons (Fsp3) is 1.00. The molecular formula is C12H24Mg. The van der Waals surface area contributed by atoms with Gasteiger partial charge in [-0.25, -0.2) is 0 Å². The molecule has 0 saturated heterocycles. The van der Waals surface area contributed by atoms with Crippen LogP contribution in [-0.2, 0) is 0 Å². The van der Waals surface area contributed by atoms with Crippen molar-refractivity contribution in [2.45, 2.75) is 64.2 Å². The Morgan fingerprint density at radius 3 is 1.15 bits per heavy atom. The van der Waals surface area contributed by atoms with E-state index in [0.29, 0.717) is 0 Å². The number of hydrogen-bond donors (Lipinski definition) is 0. The molecule has 13 heavy (non-hydrogen) atoms. The molecule has 0 aromatic heterocycles. The van der Waals surface area contributed by atoms with E-state index in [1.165, 1.54) is 38.5 Å². The average Bonchev–Trinajstić information content (AvgIpc) is 2.21. The van der Waals surface area contributed by atoms with Crippen molar-refractivity contribution in [1.29, 1.82) is 0 Å². The van der Waals surface area contributed by atoms with Gasteiger partial charge in [0, 0.05) is 0 Å². The summed E-state index contributed by atoms with van der Waals surface area (Å²) in [6.07, 6.45) is 15.4. The molecule has 1 heteroatoms. The predicted molar refractivity (Wildman–Crippen MR) is 61.1 cm³/mol. The van der Waals surface area contributed by atoms with E-state index >= 15 is 0 Å². The minimum atomic E-state index is 0. The van der Waals surface area contributed by atoms with Gasteiger partial charge >= 0.3 is 23.1 Å². The molecule has 2 fully saturated rings. The van der Waals surface area contributed by atoms with E-state index in [2.05, 4.69) is 0 Å². The summed E-state index contributed by atoms with van der Waals surface area (Å²) < 4.78 is 0. The van der Waals surface area contributed by atoms with Gasteiger partial charge in [-0.2, -0.15) is 0 Å². The quantitative estimate of drug-likeness (QED) is 0.551. The Hall–Kier alpha value is 0.766. The van der Waals surface area contributed by atoms with Gasteiger partial charge in [-0.1, -0.05) is 64.2 Å². The topological polar surface area (TPSA) is 0 Å². The SMILES string of the molecule is C1CCC(C2CCCCC2)CC1.[H-].[H-].[Mg+2]. The van der Waals surface area contributed by atoms with E-state index in [4.69, 9.17) is 0 Å². The fourth-order valence-corrected chi connectivity index (χ4v) is 3.21. The van der Waals surface area contributed by atoms with Crippen LogP contribution in [0.1, 0.15) is 67.1 Å². The van der Waals surface area contributed by atoms with Crippen molar-refractivity contribution in [3.05, 3.63) is 0 Å². The van der Waals surface area contributed by atoms with Gasteiger partial charge in [0.25, 0.3) is 0 Å². The Morgan fingerprint density at radius 1 is 0.538 bits per heavy atom. The molecule has 0 aliphatic heterocycles. The summed E-state index contributed by atoms with van der Waals surface area (Å²) in [6.45, 7) is 0. The van der Waals surface area contributed by atoms with Crippen LogP contribution in [0.5, 0.6) is 0 Å². The van der Waals surface area contributed by atoms with Crippen LogP contribution in [0, 0.1) is 11.8 Å². The molecular weight excluding hydrogens is 168 g/mol. The van der Waals surface area contributed by atoms with Crippen LogP contribution in [0.25, 0.3) is 0 Å². The third-order valence-electron chi connectivity index (χ3n) is 3.97. The summed E-state index contributed by atoms with van der Waals surface area (Å²) in [5.41, 5.74) is 0. The van der Waals surface area contributed by atoms with Crippen LogP contribution in [0.4, 0.5) is 0 Å².